The van der Waals surface area contributed by atoms with Crippen molar-refractivity contribution in [3.63, 3.8) is 0 Å². The van der Waals surface area contributed by atoms with Crippen LogP contribution in [0.1, 0.15) is 28.4 Å². The van der Waals surface area contributed by atoms with Crippen LogP contribution in [0, 0.1) is 12.7 Å². The molecule has 0 saturated carbocycles. The number of pyridine rings is 2. The summed E-state index contributed by atoms with van der Waals surface area (Å²) in [5, 5.41) is 11.1. The summed E-state index contributed by atoms with van der Waals surface area (Å²) in [6.07, 6.45) is 3.46. The summed E-state index contributed by atoms with van der Waals surface area (Å²) in [6, 6.07) is 21.5. The molecule has 0 radical (unpaired) electrons. The number of aromatic hydroxyl groups is 1. The van der Waals surface area contributed by atoms with Gasteiger partial charge in [0.05, 0.1) is 18.2 Å². The van der Waals surface area contributed by atoms with Gasteiger partial charge in [-0.05, 0) is 54.4 Å². The van der Waals surface area contributed by atoms with Crippen LogP contribution in [0.3, 0.4) is 0 Å². The lowest BCUT2D eigenvalue weighted by atomic mass is 9.96. The maximum atomic E-state index is 13.9. The Bertz CT molecular complexity index is 1370. The quantitative estimate of drug-likeness (QED) is 0.441. The predicted octanol–water partition coefficient (Wildman–Crippen LogP) is 4.36. The van der Waals surface area contributed by atoms with Crippen molar-refractivity contribution >= 4 is 5.69 Å². The molecule has 0 aliphatic carbocycles. The van der Waals surface area contributed by atoms with Gasteiger partial charge in [0, 0.05) is 50.0 Å². The molecule has 6 nitrogen and oxygen atoms in total. The first-order valence-corrected chi connectivity index (χ1v) is 12.1. The zero-order valence-electron chi connectivity index (χ0n) is 20.2. The Morgan fingerprint density at radius 3 is 2.36 bits per heavy atom. The third-order valence-electron chi connectivity index (χ3n) is 6.85. The van der Waals surface area contributed by atoms with Crippen molar-refractivity contribution in [2.45, 2.75) is 19.5 Å². The summed E-state index contributed by atoms with van der Waals surface area (Å²) in [7, 11) is 0. The van der Waals surface area contributed by atoms with Crippen LogP contribution in [0.2, 0.25) is 0 Å². The summed E-state index contributed by atoms with van der Waals surface area (Å²) in [4.78, 5) is 22.5. The molecule has 1 atom stereocenters. The summed E-state index contributed by atoms with van der Waals surface area (Å²) >= 11 is 0. The van der Waals surface area contributed by atoms with Crippen molar-refractivity contribution in [3.8, 4) is 5.75 Å². The van der Waals surface area contributed by atoms with Crippen molar-refractivity contribution in [1.29, 1.82) is 0 Å². The number of anilines is 1. The second-order valence-electron chi connectivity index (χ2n) is 9.15. The Morgan fingerprint density at radius 2 is 1.69 bits per heavy atom. The number of nitrogens with zero attached hydrogens (tertiary/aromatic N) is 4. The minimum atomic E-state index is -0.394. The van der Waals surface area contributed by atoms with Crippen LogP contribution in [0.4, 0.5) is 10.1 Å². The smallest absolute Gasteiger partial charge is 0.259 e. The van der Waals surface area contributed by atoms with E-state index in [-0.39, 0.29) is 17.1 Å². The van der Waals surface area contributed by atoms with Gasteiger partial charge in [-0.15, -0.1) is 0 Å². The Labute approximate surface area is 209 Å². The molecule has 7 heteroatoms. The minimum Gasteiger partial charge on any atom is -0.507 e. The van der Waals surface area contributed by atoms with E-state index in [1.807, 2.05) is 49.4 Å². The lowest BCUT2D eigenvalue weighted by Gasteiger charge is -2.40. The van der Waals surface area contributed by atoms with E-state index in [2.05, 4.69) is 14.8 Å². The number of rotatable bonds is 6. The molecule has 2 aromatic heterocycles. The first-order chi connectivity index (χ1) is 17.5. The molecule has 36 heavy (non-hydrogen) atoms. The molecule has 4 aromatic rings. The Kier molecular flexibility index (Phi) is 6.82. The maximum Gasteiger partial charge on any atom is 0.259 e. The fraction of sp³-hybridized carbons (Fsp3) is 0.241. The molecule has 1 unspecified atom stereocenters. The van der Waals surface area contributed by atoms with Gasteiger partial charge < -0.3 is 14.6 Å². The van der Waals surface area contributed by atoms with E-state index in [0.717, 1.165) is 29.9 Å². The predicted molar refractivity (Wildman–Crippen MR) is 139 cm³/mol. The molecule has 2 aromatic carbocycles. The van der Waals surface area contributed by atoms with E-state index in [1.165, 1.54) is 12.1 Å². The molecule has 1 saturated heterocycles. The molecule has 1 aliphatic rings. The Morgan fingerprint density at radius 1 is 0.972 bits per heavy atom. The van der Waals surface area contributed by atoms with E-state index in [1.54, 1.807) is 35.2 Å². The van der Waals surface area contributed by atoms with E-state index in [4.69, 9.17) is 0 Å². The van der Waals surface area contributed by atoms with Crippen LogP contribution < -0.4 is 10.5 Å². The van der Waals surface area contributed by atoms with Crippen LogP contribution in [-0.4, -0.2) is 45.7 Å². The normalized spacial score (nSPS) is 15.1. The van der Waals surface area contributed by atoms with Crippen LogP contribution in [0.5, 0.6) is 5.75 Å². The molecule has 1 fully saturated rings. The highest BCUT2D eigenvalue weighted by molar-refractivity contribution is 5.47. The zero-order chi connectivity index (χ0) is 25.1. The molecular weight excluding hydrogens is 455 g/mol. The van der Waals surface area contributed by atoms with Crippen molar-refractivity contribution < 1.29 is 9.50 Å². The van der Waals surface area contributed by atoms with Crippen molar-refractivity contribution in [1.82, 2.24) is 14.5 Å². The second kappa shape index (κ2) is 10.3. The second-order valence-corrected chi connectivity index (χ2v) is 9.15. The number of halogens is 1. The van der Waals surface area contributed by atoms with Gasteiger partial charge in [-0.2, -0.15) is 0 Å². The van der Waals surface area contributed by atoms with E-state index in [9.17, 15) is 14.3 Å². The lowest BCUT2D eigenvalue weighted by molar-refractivity contribution is 0.207. The van der Waals surface area contributed by atoms with Gasteiger partial charge in [0.2, 0.25) is 0 Å². The van der Waals surface area contributed by atoms with Gasteiger partial charge in [0.1, 0.15) is 11.6 Å². The number of benzene rings is 2. The number of hydrogen-bond donors (Lipinski definition) is 1. The van der Waals surface area contributed by atoms with Crippen LogP contribution in [0.15, 0.2) is 90.0 Å². The largest absolute Gasteiger partial charge is 0.507 e. The van der Waals surface area contributed by atoms with Crippen LogP contribution >= 0.6 is 0 Å². The maximum absolute atomic E-state index is 13.9. The van der Waals surface area contributed by atoms with Crippen molar-refractivity contribution in [2.75, 3.05) is 31.1 Å². The van der Waals surface area contributed by atoms with Crippen LogP contribution in [0.25, 0.3) is 0 Å². The standard InChI is InChI=1S/C29H29FN4O2/c1-21-18-26(35)27(29(36)34(21)20-22-6-5-13-31-19-22)28(23-7-3-2-4-8-23)33-16-14-32(15-17-33)25-11-9-24(30)10-12-25/h2-13,18-19,28,35H,14-17,20H2,1H3. The summed E-state index contributed by atoms with van der Waals surface area (Å²) in [5.74, 6) is -0.242. The topological polar surface area (TPSA) is 61.6 Å². The van der Waals surface area contributed by atoms with E-state index < -0.39 is 6.04 Å². The molecule has 0 spiro atoms. The number of hydrogen-bond acceptors (Lipinski definition) is 5. The van der Waals surface area contributed by atoms with Crippen molar-refractivity contribution in [2.24, 2.45) is 0 Å². The molecule has 0 amide bonds. The number of piperazine rings is 1. The molecule has 1 N–H and O–H groups in total. The third-order valence-corrected chi connectivity index (χ3v) is 6.85. The average Bonchev–Trinajstić information content (AvgIpc) is 2.91. The van der Waals surface area contributed by atoms with E-state index >= 15 is 0 Å². The van der Waals surface area contributed by atoms with Gasteiger partial charge in [0.15, 0.2) is 0 Å². The molecule has 184 valence electrons. The molecule has 1 aliphatic heterocycles. The van der Waals surface area contributed by atoms with Gasteiger partial charge in [0.25, 0.3) is 5.56 Å². The van der Waals surface area contributed by atoms with Crippen molar-refractivity contribution in [3.05, 3.63) is 124 Å². The number of aryl methyl sites for hydroxylation is 1. The fourth-order valence-electron chi connectivity index (χ4n) is 4.98. The SMILES string of the molecule is Cc1cc(O)c(C(c2ccccc2)N2CCN(c3ccc(F)cc3)CC2)c(=O)n1Cc1cccnc1. The third kappa shape index (κ3) is 4.88. The molecule has 0 bridgehead atoms. The first-order valence-electron chi connectivity index (χ1n) is 12.1. The number of aromatic nitrogens is 2. The minimum absolute atomic E-state index is 0.00903. The van der Waals surface area contributed by atoms with Gasteiger partial charge in [-0.1, -0.05) is 36.4 Å². The molecular formula is C29H29FN4O2. The monoisotopic (exact) mass is 484 g/mol. The van der Waals surface area contributed by atoms with Gasteiger partial charge >= 0.3 is 0 Å². The lowest BCUT2D eigenvalue weighted by Crippen LogP contribution is -2.49. The summed E-state index contributed by atoms with van der Waals surface area (Å²) in [5.41, 5.74) is 3.72. The average molecular weight is 485 g/mol. The zero-order valence-corrected chi connectivity index (χ0v) is 20.2. The Hall–Kier alpha value is -3.97. The highest BCUT2D eigenvalue weighted by atomic mass is 19.1. The highest BCUT2D eigenvalue weighted by Gasteiger charge is 2.31. The van der Waals surface area contributed by atoms with Crippen LogP contribution in [-0.2, 0) is 6.54 Å². The molecule has 5 rings (SSSR count). The molecule has 3 heterocycles. The summed E-state index contributed by atoms with van der Waals surface area (Å²) in [6.45, 7) is 5.04. The highest BCUT2D eigenvalue weighted by Crippen LogP contribution is 2.34. The van der Waals surface area contributed by atoms with Gasteiger partial charge in [-0.25, -0.2) is 4.39 Å². The van der Waals surface area contributed by atoms with E-state index in [0.29, 0.717) is 30.9 Å². The summed E-state index contributed by atoms with van der Waals surface area (Å²) < 4.78 is 15.1. The van der Waals surface area contributed by atoms with Gasteiger partial charge in [-0.3, -0.25) is 14.7 Å². The fourth-order valence-corrected chi connectivity index (χ4v) is 4.98. The Balaban J connectivity index is 1.50. The first kappa shape index (κ1) is 23.8.